The SMILES string of the molecule is CCc1nsc(N2CCN(Cc3csc(-c4ccc(OC)cc4)n3)CC2)n1. The minimum absolute atomic E-state index is 0.870. The number of piperazine rings is 1. The van der Waals surface area contributed by atoms with Crippen molar-refractivity contribution in [3.05, 3.63) is 41.2 Å². The summed E-state index contributed by atoms with van der Waals surface area (Å²) in [5.41, 5.74) is 2.28. The van der Waals surface area contributed by atoms with Crippen molar-refractivity contribution in [1.29, 1.82) is 0 Å². The molecule has 2 aromatic heterocycles. The van der Waals surface area contributed by atoms with Gasteiger partial charge in [0.2, 0.25) is 5.13 Å². The molecule has 1 aromatic carbocycles. The first-order valence-electron chi connectivity index (χ1n) is 9.14. The lowest BCUT2D eigenvalue weighted by Crippen LogP contribution is -2.46. The van der Waals surface area contributed by atoms with E-state index in [0.717, 1.165) is 72.1 Å². The fourth-order valence-electron chi connectivity index (χ4n) is 3.09. The van der Waals surface area contributed by atoms with Crippen molar-refractivity contribution in [3.63, 3.8) is 0 Å². The maximum absolute atomic E-state index is 5.22. The summed E-state index contributed by atoms with van der Waals surface area (Å²) in [6, 6.07) is 8.08. The number of nitrogens with zero attached hydrogens (tertiary/aromatic N) is 5. The van der Waals surface area contributed by atoms with Crippen molar-refractivity contribution in [2.45, 2.75) is 19.9 Å². The van der Waals surface area contributed by atoms with Gasteiger partial charge in [-0.25, -0.2) is 9.97 Å². The predicted octanol–water partition coefficient (Wildman–Crippen LogP) is 3.55. The first kappa shape index (κ1) is 18.3. The molecule has 1 fully saturated rings. The Kier molecular flexibility index (Phi) is 5.66. The lowest BCUT2D eigenvalue weighted by atomic mass is 10.2. The molecule has 1 saturated heterocycles. The molecule has 1 aliphatic rings. The van der Waals surface area contributed by atoms with Crippen LogP contribution in [0.4, 0.5) is 5.13 Å². The Morgan fingerprint density at radius 2 is 1.85 bits per heavy atom. The molecule has 0 saturated carbocycles. The topological polar surface area (TPSA) is 54.4 Å². The first-order chi connectivity index (χ1) is 13.2. The molecule has 0 radical (unpaired) electrons. The van der Waals surface area contributed by atoms with Crippen molar-refractivity contribution >= 4 is 28.0 Å². The van der Waals surface area contributed by atoms with Gasteiger partial charge in [0, 0.05) is 61.6 Å². The molecule has 6 nitrogen and oxygen atoms in total. The Bertz CT molecular complexity index is 868. The van der Waals surface area contributed by atoms with Crippen LogP contribution in [0.5, 0.6) is 5.75 Å². The summed E-state index contributed by atoms with van der Waals surface area (Å²) in [7, 11) is 1.68. The molecule has 3 aromatic rings. The largest absolute Gasteiger partial charge is 0.497 e. The normalized spacial score (nSPS) is 15.3. The van der Waals surface area contributed by atoms with Gasteiger partial charge in [-0.05, 0) is 24.3 Å². The van der Waals surface area contributed by atoms with Gasteiger partial charge in [0.1, 0.15) is 16.6 Å². The van der Waals surface area contributed by atoms with E-state index in [-0.39, 0.29) is 0 Å². The molecule has 3 heterocycles. The number of ether oxygens (including phenoxy) is 1. The molecule has 0 spiro atoms. The number of benzene rings is 1. The van der Waals surface area contributed by atoms with Gasteiger partial charge in [-0.2, -0.15) is 4.37 Å². The Balaban J connectivity index is 1.33. The van der Waals surface area contributed by atoms with Gasteiger partial charge in [-0.1, -0.05) is 6.92 Å². The van der Waals surface area contributed by atoms with Crippen molar-refractivity contribution < 1.29 is 4.74 Å². The van der Waals surface area contributed by atoms with Gasteiger partial charge in [0.05, 0.1) is 12.8 Å². The molecule has 27 heavy (non-hydrogen) atoms. The smallest absolute Gasteiger partial charge is 0.205 e. The second-order valence-corrected chi connectivity index (χ2v) is 8.07. The third-order valence-electron chi connectivity index (χ3n) is 4.69. The summed E-state index contributed by atoms with van der Waals surface area (Å²) in [6.45, 7) is 7.03. The molecule has 142 valence electrons. The van der Waals surface area contributed by atoms with Crippen molar-refractivity contribution in [1.82, 2.24) is 19.2 Å². The highest BCUT2D eigenvalue weighted by Crippen LogP contribution is 2.26. The number of methoxy groups -OCH3 is 1. The Hall–Kier alpha value is -2.03. The average molecular weight is 402 g/mol. The highest BCUT2D eigenvalue weighted by atomic mass is 32.1. The van der Waals surface area contributed by atoms with Crippen LogP contribution < -0.4 is 9.64 Å². The van der Waals surface area contributed by atoms with Crippen molar-refractivity contribution in [2.75, 3.05) is 38.2 Å². The molecule has 0 amide bonds. The second-order valence-electron chi connectivity index (χ2n) is 6.48. The summed E-state index contributed by atoms with van der Waals surface area (Å²) in [4.78, 5) is 14.2. The number of thiazole rings is 1. The monoisotopic (exact) mass is 401 g/mol. The summed E-state index contributed by atoms with van der Waals surface area (Å²) in [6.07, 6.45) is 0.900. The highest BCUT2D eigenvalue weighted by Gasteiger charge is 2.20. The molecular formula is C19H23N5OS2. The van der Waals surface area contributed by atoms with Gasteiger partial charge >= 0.3 is 0 Å². The molecule has 4 rings (SSSR count). The number of aryl methyl sites for hydroxylation is 1. The van der Waals surface area contributed by atoms with Crippen LogP contribution in [0.15, 0.2) is 29.6 Å². The van der Waals surface area contributed by atoms with Crippen LogP contribution in [-0.2, 0) is 13.0 Å². The van der Waals surface area contributed by atoms with Crippen LogP contribution in [0, 0.1) is 0 Å². The van der Waals surface area contributed by atoms with Crippen LogP contribution in [0.3, 0.4) is 0 Å². The first-order valence-corrected chi connectivity index (χ1v) is 10.8. The molecule has 0 unspecified atom stereocenters. The van der Waals surface area contributed by atoms with Gasteiger partial charge in [0.15, 0.2) is 0 Å². The Labute approximate surface area is 167 Å². The number of anilines is 1. The third kappa shape index (κ3) is 4.28. The zero-order valence-corrected chi connectivity index (χ0v) is 17.2. The number of rotatable bonds is 6. The number of hydrogen-bond donors (Lipinski definition) is 0. The average Bonchev–Trinajstić information content (AvgIpc) is 3.38. The summed E-state index contributed by atoms with van der Waals surface area (Å²) in [5.74, 6) is 1.82. The summed E-state index contributed by atoms with van der Waals surface area (Å²) >= 11 is 3.22. The quantitative estimate of drug-likeness (QED) is 0.630. The minimum atomic E-state index is 0.870. The van der Waals surface area contributed by atoms with E-state index in [1.807, 2.05) is 12.1 Å². The van der Waals surface area contributed by atoms with E-state index >= 15 is 0 Å². The van der Waals surface area contributed by atoms with Crippen LogP contribution >= 0.6 is 22.9 Å². The third-order valence-corrected chi connectivity index (χ3v) is 6.45. The van der Waals surface area contributed by atoms with Gasteiger partial charge in [-0.15, -0.1) is 11.3 Å². The second kappa shape index (κ2) is 8.33. The van der Waals surface area contributed by atoms with Crippen LogP contribution in [0.1, 0.15) is 18.4 Å². The predicted molar refractivity (Wildman–Crippen MR) is 111 cm³/mol. The highest BCUT2D eigenvalue weighted by molar-refractivity contribution is 7.13. The van der Waals surface area contributed by atoms with E-state index in [0.29, 0.717) is 0 Å². The molecule has 1 aliphatic heterocycles. The fourth-order valence-corrected chi connectivity index (χ4v) is 4.71. The lowest BCUT2D eigenvalue weighted by Gasteiger charge is -2.33. The maximum atomic E-state index is 5.22. The van der Waals surface area contributed by atoms with Crippen molar-refractivity contribution in [2.24, 2.45) is 0 Å². The van der Waals surface area contributed by atoms with E-state index < -0.39 is 0 Å². The van der Waals surface area contributed by atoms with Crippen LogP contribution in [-0.4, -0.2) is 52.5 Å². The minimum Gasteiger partial charge on any atom is -0.497 e. The summed E-state index contributed by atoms with van der Waals surface area (Å²) in [5, 5.41) is 4.29. The molecule has 0 atom stereocenters. The molecule has 0 N–H and O–H groups in total. The van der Waals surface area contributed by atoms with E-state index in [9.17, 15) is 0 Å². The maximum Gasteiger partial charge on any atom is 0.205 e. The molecule has 0 bridgehead atoms. The van der Waals surface area contributed by atoms with E-state index in [1.165, 1.54) is 11.5 Å². The zero-order chi connectivity index (χ0) is 18.6. The number of aromatic nitrogens is 3. The van der Waals surface area contributed by atoms with E-state index in [4.69, 9.17) is 9.72 Å². The van der Waals surface area contributed by atoms with Crippen molar-refractivity contribution in [3.8, 4) is 16.3 Å². The molecular weight excluding hydrogens is 378 g/mol. The fraction of sp³-hybridized carbons (Fsp3) is 0.421. The van der Waals surface area contributed by atoms with Gasteiger partial charge in [-0.3, -0.25) is 4.90 Å². The summed E-state index contributed by atoms with van der Waals surface area (Å²) < 4.78 is 9.62. The van der Waals surface area contributed by atoms with E-state index in [2.05, 4.69) is 43.6 Å². The Morgan fingerprint density at radius 3 is 2.52 bits per heavy atom. The molecule has 8 heteroatoms. The Morgan fingerprint density at radius 1 is 1.07 bits per heavy atom. The standard InChI is InChI=1S/C19H23N5OS2/c1-3-17-21-19(27-22-17)24-10-8-23(9-11-24)12-15-13-26-18(20-15)14-4-6-16(25-2)7-5-14/h4-7,13H,3,8-12H2,1-2H3. The lowest BCUT2D eigenvalue weighted by molar-refractivity contribution is 0.247. The van der Waals surface area contributed by atoms with Crippen LogP contribution in [0.25, 0.3) is 10.6 Å². The van der Waals surface area contributed by atoms with Crippen LogP contribution in [0.2, 0.25) is 0 Å². The van der Waals surface area contributed by atoms with Gasteiger partial charge < -0.3 is 9.64 Å². The zero-order valence-electron chi connectivity index (χ0n) is 15.6. The number of hydrogen-bond acceptors (Lipinski definition) is 8. The molecule has 0 aliphatic carbocycles. The van der Waals surface area contributed by atoms with E-state index in [1.54, 1.807) is 18.4 Å². The van der Waals surface area contributed by atoms with Gasteiger partial charge in [0.25, 0.3) is 0 Å².